The number of nitriles is 1. The Kier molecular flexibility index (Phi) is 3.76. The van der Waals surface area contributed by atoms with Gasteiger partial charge < -0.3 is 9.88 Å². The van der Waals surface area contributed by atoms with Crippen molar-refractivity contribution in [2.45, 2.75) is 38.8 Å². The van der Waals surface area contributed by atoms with Gasteiger partial charge in [-0.05, 0) is 31.9 Å². The molecule has 0 amide bonds. The minimum Gasteiger partial charge on any atom is -0.360 e. The second-order valence-corrected chi connectivity index (χ2v) is 5.50. The van der Waals surface area contributed by atoms with E-state index in [9.17, 15) is 0 Å². The Balaban J connectivity index is 1.82. The molecule has 2 aromatic rings. The van der Waals surface area contributed by atoms with Crippen LogP contribution in [0.25, 0.3) is 0 Å². The molecule has 1 atom stereocenters. The maximum Gasteiger partial charge on any atom is 0.161 e. The molecule has 108 valence electrons. The molecule has 7 heteroatoms. The Hall–Kier alpha value is -2.13. The van der Waals surface area contributed by atoms with Gasteiger partial charge in [0.25, 0.3) is 0 Å². The summed E-state index contributed by atoms with van der Waals surface area (Å²) in [4.78, 5) is 4.19. The Morgan fingerprint density at radius 2 is 2.24 bits per heavy atom. The molecule has 0 saturated carbocycles. The lowest BCUT2D eigenvalue weighted by molar-refractivity contribution is 0.500. The lowest BCUT2D eigenvalue weighted by atomic mass is 10.1. The Bertz CT molecular complexity index is 702. The van der Waals surface area contributed by atoms with Crippen LogP contribution < -0.4 is 5.32 Å². The van der Waals surface area contributed by atoms with Gasteiger partial charge in [-0.15, -0.1) is 10.2 Å². The third kappa shape index (κ3) is 2.69. The molecule has 0 fully saturated rings. The van der Waals surface area contributed by atoms with E-state index in [0.717, 1.165) is 31.0 Å². The highest BCUT2D eigenvalue weighted by molar-refractivity contribution is 6.31. The number of halogens is 1. The zero-order chi connectivity index (χ0) is 14.8. The number of nitrogens with zero attached hydrogens (tertiary/aromatic N) is 5. The minimum atomic E-state index is -0.0374. The fourth-order valence-corrected chi connectivity index (χ4v) is 2.69. The first-order valence-corrected chi connectivity index (χ1v) is 7.32. The van der Waals surface area contributed by atoms with Crippen molar-refractivity contribution in [3.05, 3.63) is 34.5 Å². The Morgan fingerprint density at radius 1 is 1.38 bits per heavy atom. The topological polar surface area (TPSA) is 79.4 Å². The number of hydrogen-bond donors (Lipinski definition) is 1. The van der Waals surface area contributed by atoms with Crippen molar-refractivity contribution < 1.29 is 0 Å². The molecule has 3 rings (SSSR count). The van der Waals surface area contributed by atoms with E-state index in [1.165, 1.54) is 6.42 Å². The molecule has 0 saturated heterocycles. The predicted octanol–water partition coefficient (Wildman–Crippen LogP) is 2.71. The summed E-state index contributed by atoms with van der Waals surface area (Å²) in [5, 5.41) is 21.1. The van der Waals surface area contributed by atoms with E-state index in [1.54, 1.807) is 12.1 Å². The lowest BCUT2D eigenvalue weighted by Gasteiger charge is -2.19. The number of pyridine rings is 1. The van der Waals surface area contributed by atoms with E-state index in [2.05, 4.69) is 25.1 Å². The van der Waals surface area contributed by atoms with Gasteiger partial charge in [0.1, 0.15) is 17.7 Å². The van der Waals surface area contributed by atoms with Crippen molar-refractivity contribution in [3.63, 3.8) is 0 Å². The van der Waals surface area contributed by atoms with Gasteiger partial charge in [-0.1, -0.05) is 11.6 Å². The van der Waals surface area contributed by atoms with E-state index in [-0.39, 0.29) is 11.7 Å². The zero-order valence-electron chi connectivity index (χ0n) is 11.7. The molecule has 1 aliphatic heterocycles. The molecule has 6 nitrogen and oxygen atoms in total. The maximum absolute atomic E-state index is 8.97. The van der Waals surface area contributed by atoms with Gasteiger partial charge in [0.15, 0.2) is 11.5 Å². The SMILES string of the molecule is CC(Nc1ccc(Cl)c(C#N)n1)c1nnc2n1CCCC2. The molecule has 0 radical (unpaired) electrons. The van der Waals surface area contributed by atoms with Gasteiger partial charge >= 0.3 is 0 Å². The third-order valence-corrected chi connectivity index (χ3v) is 3.90. The summed E-state index contributed by atoms with van der Waals surface area (Å²) in [7, 11) is 0. The summed E-state index contributed by atoms with van der Waals surface area (Å²) in [6, 6.07) is 5.37. The quantitative estimate of drug-likeness (QED) is 0.943. The number of anilines is 1. The van der Waals surface area contributed by atoms with Crippen LogP contribution in [-0.4, -0.2) is 19.7 Å². The average molecular weight is 303 g/mol. The number of nitrogens with one attached hydrogen (secondary N) is 1. The van der Waals surface area contributed by atoms with Crippen molar-refractivity contribution in [2.24, 2.45) is 0 Å². The number of aromatic nitrogens is 4. The first-order chi connectivity index (χ1) is 10.2. The summed E-state index contributed by atoms with van der Waals surface area (Å²) in [6.45, 7) is 2.97. The smallest absolute Gasteiger partial charge is 0.161 e. The maximum atomic E-state index is 8.97. The predicted molar refractivity (Wildman–Crippen MR) is 79.0 cm³/mol. The van der Waals surface area contributed by atoms with Crippen LogP contribution in [0, 0.1) is 11.3 Å². The first-order valence-electron chi connectivity index (χ1n) is 6.94. The zero-order valence-corrected chi connectivity index (χ0v) is 12.4. The molecular weight excluding hydrogens is 288 g/mol. The van der Waals surface area contributed by atoms with E-state index >= 15 is 0 Å². The van der Waals surface area contributed by atoms with Crippen LogP contribution in [0.3, 0.4) is 0 Å². The third-order valence-electron chi connectivity index (χ3n) is 3.59. The highest BCUT2D eigenvalue weighted by Gasteiger charge is 2.20. The Morgan fingerprint density at radius 3 is 3.05 bits per heavy atom. The fraction of sp³-hybridized carbons (Fsp3) is 0.429. The molecule has 21 heavy (non-hydrogen) atoms. The van der Waals surface area contributed by atoms with Crippen LogP contribution >= 0.6 is 11.6 Å². The molecule has 0 bridgehead atoms. The molecule has 1 N–H and O–H groups in total. The molecule has 1 unspecified atom stereocenters. The Labute approximate surface area is 127 Å². The van der Waals surface area contributed by atoms with Crippen molar-refractivity contribution in [1.82, 2.24) is 19.7 Å². The van der Waals surface area contributed by atoms with E-state index in [4.69, 9.17) is 16.9 Å². The first kappa shape index (κ1) is 13.8. The molecular formula is C14H15ClN6. The number of fused-ring (bicyclic) bond motifs is 1. The average Bonchev–Trinajstić information content (AvgIpc) is 2.93. The number of hydrogen-bond acceptors (Lipinski definition) is 5. The van der Waals surface area contributed by atoms with Crippen LogP contribution in [-0.2, 0) is 13.0 Å². The van der Waals surface area contributed by atoms with Crippen molar-refractivity contribution in [2.75, 3.05) is 5.32 Å². The normalized spacial score (nSPS) is 15.1. The van der Waals surface area contributed by atoms with E-state index in [0.29, 0.717) is 10.8 Å². The van der Waals surface area contributed by atoms with Crippen LogP contribution in [0.2, 0.25) is 5.02 Å². The summed E-state index contributed by atoms with van der Waals surface area (Å²) >= 11 is 5.89. The van der Waals surface area contributed by atoms with Gasteiger partial charge in [-0.3, -0.25) is 0 Å². The molecule has 0 aromatic carbocycles. The molecule has 3 heterocycles. The molecule has 0 spiro atoms. The van der Waals surface area contributed by atoms with Crippen LogP contribution in [0.1, 0.15) is 43.1 Å². The summed E-state index contributed by atoms with van der Waals surface area (Å²) in [5.41, 5.74) is 0.220. The van der Waals surface area contributed by atoms with Gasteiger partial charge in [-0.2, -0.15) is 5.26 Å². The van der Waals surface area contributed by atoms with Gasteiger partial charge in [0.2, 0.25) is 0 Å². The van der Waals surface area contributed by atoms with Crippen molar-refractivity contribution in [1.29, 1.82) is 5.26 Å². The van der Waals surface area contributed by atoms with Crippen LogP contribution in [0.15, 0.2) is 12.1 Å². The summed E-state index contributed by atoms with van der Waals surface area (Å²) < 4.78 is 2.17. The van der Waals surface area contributed by atoms with E-state index < -0.39 is 0 Å². The highest BCUT2D eigenvalue weighted by atomic mass is 35.5. The molecule has 2 aromatic heterocycles. The standard InChI is InChI=1S/C14H15ClN6/c1-9(14-20-19-13-4-2-3-7-21(13)14)17-12-6-5-10(15)11(8-16)18-12/h5-6,9H,2-4,7H2,1H3,(H,17,18). The van der Waals surface area contributed by atoms with Crippen LogP contribution in [0.5, 0.6) is 0 Å². The fourth-order valence-electron chi connectivity index (χ4n) is 2.54. The molecule has 1 aliphatic rings. The second kappa shape index (κ2) is 5.70. The minimum absolute atomic E-state index is 0.0374. The van der Waals surface area contributed by atoms with E-state index in [1.807, 2.05) is 13.0 Å². The highest BCUT2D eigenvalue weighted by Crippen LogP contribution is 2.23. The number of rotatable bonds is 3. The summed E-state index contributed by atoms with van der Waals surface area (Å²) in [6.07, 6.45) is 3.31. The van der Waals surface area contributed by atoms with Crippen molar-refractivity contribution in [3.8, 4) is 6.07 Å². The van der Waals surface area contributed by atoms with Gasteiger partial charge in [0, 0.05) is 13.0 Å². The number of aryl methyl sites for hydroxylation is 1. The van der Waals surface area contributed by atoms with Gasteiger partial charge in [-0.25, -0.2) is 4.98 Å². The lowest BCUT2D eigenvalue weighted by Crippen LogP contribution is -2.18. The largest absolute Gasteiger partial charge is 0.360 e. The van der Waals surface area contributed by atoms with Gasteiger partial charge in [0.05, 0.1) is 11.1 Å². The van der Waals surface area contributed by atoms with Crippen LogP contribution in [0.4, 0.5) is 5.82 Å². The molecule has 0 aliphatic carbocycles. The summed E-state index contributed by atoms with van der Waals surface area (Å²) in [5.74, 6) is 2.56. The van der Waals surface area contributed by atoms with Crippen molar-refractivity contribution >= 4 is 17.4 Å². The second-order valence-electron chi connectivity index (χ2n) is 5.09. The monoisotopic (exact) mass is 302 g/mol.